The van der Waals surface area contributed by atoms with Crippen LogP contribution in [0.25, 0.3) is 0 Å². The van der Waals surface area contributed by atoms with Crippen molar-refractivity contribution in [2.24, 2.45) is 0 Å². The standard InChI is InChI=1S/C19H24N2O2/c1-22-18-7-3-16(4-8-18)13-20-11-12-21(15-20)14-17-5-9-19(23-2)10-6-17/h3-10H,11-15H2,1-2H3. The van der Waals surface area contributed by atoms with Crippen molar-refractivity contribution in [2.45, 2.75) is 13.1 Å². The van der Waals surface area contributed by atoms with Crippen LogP contribution in [0, 0.1) is 0 Å². The van der Waals surface area contributed by atoms with Crippen molar-refractivity contribution >= 4 is 0 Å². The molecule has 2 aromatic carbocycles. The van der Waals surface area contributed by atoms with E-state index in [0.717, 1.165) is 44.3 Å². The van der Waals surface area contributed by atoms with Gasteiger partial charge in [0, 0.05) is 26.2 Å². The maximum atomic E-state index is 5.21. The molecule has 1 aliphatic heterocycles. The Balaban J connectivity index is 1.51. The van der Waals surface area contributed by atoms with Crippen molar-refractivity contribution in [2.75, 3.05) is 34.0 Å². The van der Waals surface area contributed by atoms with Gasteiger partial charge in [0.05, 0.1) is 20.9 Å². The normalized spacial score (nSPS) is 15.7. The van der Waals surface area contributed by atoms with E-state index in [0.29, 0.717) is 0 Å². The summed E-state index contributed by atoms with van der Waals surface area (Å²) < 4.78 is 10.4. The summed E-state index contributed by atoms with van der Waals surface area (Å²) in [6.07, 6.45) is 0. The number of hydrogen-bond donors (Lipinski definition) is 0. The number of rotatable bonds is 6. The molecule has 1 fully saturated rings. The second-order valence-corrected chi connectivity index (χ2v) is 5.94. The highest BCUT2D eigenvalue weighted by atomic mass is 16.5. The smallest absolute Gasteiger partial charge is 0.118 e. The molecule has 0 aliphatic carbocycles. The van der Waals surface area contributed by atoms with Crippen LogP contribution in [0.15, 0.2) is 48.5 Å². The number of nitrogens with zero attached hydrogens (tertiary/aromatic N) is 2. The highest BCUT2D eigenvalue weighted by Gasteiger charge is 2.19. The van der Waals surface area contributed by atoms with Crippen LogP contribution in [0.5, 0.6) is 11.5 Å². The van der Waals surface area contributed by atoms with E-state index in [1.807, 2.05) is 24.3 Å². The van der Waals surface area contributed by atoms with Crippen LogP contribution in [0.4, 0.5) is 0 Å². The topological polar surface area (TPSA) is 24.9 Å². The first-order valence-electron chi connectivity index (χ1n) is 7.97. The molecule has 0 bridgehead atoms. The summed E-state index contributed by atoms with van der Waals surface area (Å²) in [6, 6.07) is 16.7. The lowest BCUT2D eigenvalue weighted by Crippen LogP contribution is -2.24. The lowest BCUT2D eigenvalue weighted by atomic mass is 10.2. The molecule has 0 atom stereocenters. The quantitative estimate of drug-likeness (QED) is 0.819. The molecule has 23 heavy (non-hydrogen) atoms. The van der Waals surface area contributed by atoms with Crippen molar-refractivity contribution in [1.29, 1.82) is 0 Å². The molecule has 0 amide bonds. The van der Waals surface area contributed by atoms with Crippen LogP contribution in [0.2, 0.25) is 0 Å². The van der Waals surface area contributed by atoms with Crippen molar-refractivity contribution in [3.05, 3.63) is 59.7 Å². The molecule has 122 valence electrons. The molecule has 0 radical (unpaired) electrons. The van der Waals surface area contributed by atoms with Gasteiger partial charge in [-0.1, -0.05) is 24.3 Å². The summed E-state index contributed by atoms with van der Waals surface area (Å²) in [6.45, 7) is 5.22. The van der Waals surface area contributed by atoms with Crippen LogP contribution >= 0.6 is 0 Å². The summed E-state index contributed by atoms with van der Waals surface area (Å²) in [4.78, 5) is 4.96. The average Bonchev–Trinajstić information content (AvgIpc) is 3.03. The fourth-order valence-electron chi connectivity index (χ4n) is 2.94. The van der Waals surface area contributed by atoms with Crippen LogP contribution in [0.3, 0.4) is 0 Å². The third-order valence-electron chi connectivity index (χ3n) is 4.26. The van der Waals surface area contributed by atoms with Crippen LogP contribution < -0.4 is 9.47 Å². The molecule has 0 aromatic heterocycles. The molecule has 0 spiro atoms. The third kappa shape index (κ3) is 4.24. The molecule has 1 aliphatic rings. The maximum absolute atomic E-state index is 5.21. The molecule has 1 heterocycles. The van der Waals surface area contributed by atoms with Gasteiger partial charge >= 0.3 is 0 Å². The zero-order chi connectivity index (χ0) is 16.1. The van der Waals surface area contributed by atoms with Crippen LogP contribution in [0.1, 0.15) is 11.1 Å². The minimum atomic E-state index is 0.913. The van der Waals surface area contributed by atoms with Gasteiger partial charge in [-0.05, 0) is 35.4 Å². The molecular weight excluding hydrogens is 288 g/mol. The molecule has 0 unspecified atom stereocenters. The maximum Gasteiger partial charge on any atom is 0.118 e. The molecule has 1 saturated heterocycles. The molecule has 0 saturated carbocycles. The summed E-state index contributed by atoms with van der Waals surface area (Å²) in [5.74, 6) is 1.83. The SMILES string of the molecule is COc1ccc(CN2CCN(Cc3ccc(OC)cc3)C2)cc1. The van der Waals surface area contributed by atoms with E-state index in [1.54, 1.807) is 14.2 Å². The first-order valence-corrected chi connectivity index (χ1v) is 7.97. The average molecular weight is 312 g/mol. The fourth-order valence-corrected chi connectivity index (χ4v) is 2.94. The highest BCUT2D eigenvalue weighted by molar-refractivity contribution is 5.28. The molecule has 4 heteroatoms. The van der Waals surface area contributed by atoms with Crippen LogP contribution in [-0.2, 0) is 13.1 Å². The third-order valence-corrected chi connectivity index (χ3v) is 4.26. The Morgan fingerprint density at radius 1 is 0.696 bits per heavy atom. The summed E-state index contributed by atoms with van der Waals surface area (Å²) in [5.41, 5.74) is 2.66. The van der Waals surface area contributed by atoms with Crippen LogP contribution in [-0.4, -0.2) is 43.8 Å². The molecule has 3 rings (SSSR count). The molecule has 2 aromatic rings. The first kappa shape index (κ1) is 15.8. The lowest BCUT2D eigenvalue weighted by Gasteiger charge is -2.18. The Bertz CT molecular complexity index is 555. The summed E-state index contributed by atoms with van der Waals surface area (Å²) in [7, 11) is 3.40. The second kappa shape index (κ2) is 7.49. The Kier molecular flexibility index (Phi) is 5.16. The molecule has 0 N–H and O–H groups in total. The van der Waals surface area contributed by atoms with E-state index in [1.165, 1.54) is 11.1 Å². The number of hydrogen-bond acceptors (Lipinski definition) is 4. The number of benzene rings is 2. The zero-order valence-corrected chi connectivity index (χ0v) is 13.9. The van der Waals surface area contributed by atoms with Crippen molar-refractivity contribution in [1.82, 2.24) is 9.80 Å². The van der Waals surface area contributed by atoms with Gasteiger partial charge in [0.25, 0.3) is 0 Å². The second-order valence-electron chi connectivity index (χ2n) is 5.94. The van der Waals surface area contributed by atoms with Gasteiger partial charge in [-0.15, -0.1) is 0 Å². The van der Waals surface area contributed by atoms with E-state index >= 15 is 0 Å². The van der Waals surface area contributed by atoms with Gasteiger partial charge in [0.2, 0.25) is 0 Å². The highest BCUT2D eigenvalue weighted by Crippen LogP contribution is 2.18. The Morgan fingerprint density at radius 2 is 1.09 bits per heavy atom. The van der Waals surface area contributed by atoms with Gasteiger partial charge in [-0.25, -0.2) is 0 Å². The lowest BCUT2D eigenvalue weighted by molar-refractivity contribution is 0.235. The summed E-state index contributed by atoms with van der Waals surface area (Å²) >= 11 is 0. The zero-order valence-electron chi connectivity index (χ0n) is 13.9. The predicted octanol–water partition coefficient (Wildman–Crippen LogP) is 2.98. The van der Waals surface area contributed by atoms with E-state index < -0.39 is 0 Å². The molecular formula is C19H24N2O2. The van der Waals surface area contributed by atoms with Gasteiger partial charge in [0.1, 0.15) is 11.5 Å². The van der Waals surface area contributed by atoms with Gasteiger partial charge in [-0.3, -0.25) is 9.80 Å². The first-order chi connectivity index (χ1) is 11.3. The Hall–Kier alpha value is -2.04. The predicted molar refractivity (Wildman–Crippen MR) is 91.7 cm³/mol. The van der Waals surface area contributed by atoms with E-state index in [-0.39, 0.29) is 0 Å². The summed E-state index contributed by atoms with van der Waals surface area (Å²) in [5, 5.41) is 0. The van der Waals surface area contributed by atoms with E-state index in [9.17, 15) is 0 Å². The van der Waals surface area contributed by atoms with Crippen molar-refractivity contribution in [3.63, 3.8) is 0 Å². The van der Waals surface area contributed by atoms with E-state index in [4.69, 9.17) is 9.47 Å². The number of methoxy groups -OCH3 is 2. The Morgan fingerprint density at radius 3 is 1.43 bits per heavy atom. The largest absolute Gasteiger partial charge is 0.497 e. The fraction of sp³-hybridized carbons (Fsp3) is 0.368. The van der Waals surface area contributed by atoms with Crippen molar-refractivity contribution < 1.29 is 9.47 Å². The van der Waals surface area contributed by atoms with Gasteiger partial charge in [-0.2, -0.15) is 0 Å². The minimum absolute atomic E-state index is 0.913. The van der Waals surface area contributed by atoms with E-state index in [2.05, 4.69) is 34.1 Å². The van der Waals surface area contributed by atoms with Gasteiger partial charge in [0.15, 0.2) is 0 Å². The number of ether oxygens (including phenoxy) is 2. The minimum Gasteiger partial charge on any atom is -0.497 e. The Labute approximate surface area is 138 Å². The van der Waals surface area contributed by atoms with Crippen molar-refractivity contribution in [3.8, 4) is 11.5 Å². The van der Waals surface area contributed by atoms with Gasteiger partial charge < -0.3 is 9.47 Å². The monoisotopic (exact) mass is 312 g/mol. The molecule has 4 nitrogen and oxygen atoms in total.